The SMILES string of the molecule is CCN(CCNC(=O)c1ccc(NC2=NS(=O)(=O)c3ccccc32)cc1)c1cccc(C)c1. The summed E-state index contributed by atoms with van der Waals surface area (Å²) in [5, 5.41) is 6.00. The van der Waals surface area contributed by atoms with E-state index in [2.05, 4.69) is 52.0 Å². The number of aryl methyl sites for hydroxylation is 1. The highest BCUT2D eigenvalue weighted by Crippen LogP contribution is 2.26. The van der Waals surface area contributed by atoms with E-state index in [1.807, 2.05) is 6.07 Å². The fraction of sp³-hybridized carbons (Fsp3) is 0.200. The van der Waals surface area contributed by atoms with Crippen LogP contribution in [0.1, 0.15) is 28.4 Å². The smallest absolute Gasteiger partial charge is 0.285 e. The summed E-state index contributed by atoms with van der Waals surface area (Å²) in [4.78, 5) is 15.0. The van der Waals surface area contributed by atoms with Gasteiger partial charge < -0.3 is 15.5 Å². The third-order valence-electron chi connectivity index (χ3n) is 5.46. The highest BCUT2D eigenvalue weighted by atomic mass is 32.2. The number of amides is 1. The van der Waals surface area contributed by atoms with Crippen LogP contribution in [-0.4, -0.2) is 39.8 Å². The maximum absolute atomic E-state index is 12.6. The summed E-state index contributed by atoms with van der Waals surface area (Å²) in [6, 6.07) is 21.9. The molecule has 3 aromatic rings. The number of amidine groups is 1. The van der Waals surface area contributed by atoms with Crippen molar-refractivity contribution in [1.82, 2.24) is 5.32 Å². The Morgan fingerprint density at radius 3 is 2.48 bits per heavy atom. The maximum atomic E-state index is 12.6. The van der Waals surface area contributed by atoms with Gasteiger partial charge in [0.05, 0.1) is 0 Å². The summed E-state index contributed by atoms with van der Waals surface area (Å²) in [5.41, 5.74) is 4.05. The van der Waals surface area contributed by atoms with Gasteiger partial charge in [-0.3, -0.25) is 4.79 Å². The highest BCUT2D eigenvalue weighted by molar-refractivity contribution is 7.90. The lowest BCUT2D eigenvalue weighted by atomic mass is 10.1. The van der Waals surface area contributed by atoms with Crippen molar-refractivity contribution in [3.63, 3.8) is 0 Å². The van der Waals surface area contributed by atoms with Gasteiger partial charge in [0, 0.05) is 42.1 Å². The van der Waals surface area contributed by atoms with Crippen LogP contribution in [0.5, 0.6) is 0 Å². The zero-order valence-corrected chi connectivity index (χ0v) is 19.4. The lowest BCUT2D eigenvalue weighted by Crippen LogP contribution is -2.35. The number of rotatable bonds is 7. The third-order valence-corrected chi connectivity index (χ3v) is 6.79. The van der Waals surface area contributed by atoms with Crippen molar-refractivity contribution < 1.29 is 13.2 Å². The molecule has 1 aliphatic heterocycles. The number of sulfonamides is 1. The fourth-order valence-electron chi connectivity index (χ4n) is 3.74. The van der Waals surface area contributed by atoms with Crippen molar-refractivity contribution in [2.75, 3.05) is 29.9 Å². The number of hydrogen-bond acceptors (Lipinski definition) is 5. The van der Waals surface area contributed by atoms with Crippen LogP contribution >= 0.6 is 0 Å². The molecule has 0 fully saturated rings. The topological polar surface area (TPSA) is 90.9 Å². The van der Waals surface area contributed by atoms with Gasteiger partial charge in [0.25, 0.3) is 15.9 Å². The van der Waals surface area contributed by atoms with Crippen LogP contribution in [0.25, 0.3) is 0 Å². The van der Waals surface area contributed by atoms with Crippen molar-refractivity contribution in [2.45, 2.75) is 18.7 Å². The van der Waals surface area contributed by atoms with E-state index in [0.717, 1.165) is 12.2 Å². The highest BCUT2D eigenvalue weighted by Gasteiger charge is 2.28. The molecule has 2 N–H and O–H groups in total. The summed E-state index contributed by atoms with van der Waals surface area (Å²) in [6.07, 6.45) is 0. The lowest BCUT2D eigenvalue weighted by Gasteiger charge is -2.23. The Bertz CT molecular complexity index is 1300. The molecule has 1 amide bonds. The Labute approximate surface area is 194 Å². The van der Waals surface area contributed by atoms with Crippen LogP contribution in [0.2, 0.25) is 0 Å². The van der Waals surface area contributed by atoms with Crippen LogP contribution < -0.4 is 15.5 Å². The predicted molar refractivity (Wildman–Crippen MR) is 132 cm³/mol. The molecular weight excluding hydrogens is 436 g/mol. The first-order valence-corrected chi connectivity index (χ1v) is 12.2. The van der Waals surface area contributed by atoms with Gasteiger partial charge in [-0.15, -0.1) is 4.40 Å². The van der Waals surface area contributed by atoms with Crippen LogP contribution in [0, 0.1) is 6.92 Å². The molecule has 1 heterocycles. The summed E-state index contributed by atoms with van der Waals surface area (Å²) >= 11 is 0. The van der Waals surface area contributed by atoms with E-state index in [1.54, 1.807) is 42.5 Å². The first-order valence-electron chi connectivity index (χ1n) is 10.8. The van der Waals surface area contributed by atoms with Gasteiger partial charge >= 0.3 is 0 Å². The molecule has 4 rings (SSSR count). The monoisotopic (exact) mass is 462 g/mol. The Morgan fingerprint density at radius 2 is 1.76 bits per heavy atom. The third kappa shape index (κ3) is 5.06. The Balaban J connectivity index is 1.35. The van der Waals surface area contributed by atoms with Crippen LogP contribution in [0.3, 0.4) is 0 Å². The van der Waals surface area contributed by atoms with E-state index in [4.69, 9.17) is 0 Å². The quantitative estimate of drug-likeness (QED) is 0.557. The van der Waals surface area contributed by atoms with Gasteiger partial charge in [0.15, 0.2) is 5.84 Å². The second-order valence-corrected chi connectivity index (χ2v) is 9.36. The molecule has 33 heavy (non-hydrogen) atoms. The minimum atomic E-state index is -3.68. The Morgan fingerprint density at radius 1 is 1.00 bits per heavy atom. The number of hydrogen-bond donors (Lipinski definition) is 2. The van der Waals surface area contributed by atoms with Gasteiger partial charge in [-0.1, -0.05) is 24.3 Å². The van der Waals surface area contributed by atoms with E-state index < -0.39 is 10.0 Å². The van der Waals surface area contributed by atoms with Gasteiger partial charge in [-0.2, -0.15) is 8.42 Å². The van der Waals surface area contributed by atoms with Crippen LogP contribution in [0.15, 0.2) is 82.1 Å². The van der Waals surface area contributed by atoms with Crippen LogP contribution in [-0.2, 0) is 10.0 Å². The summed E-state index contributed by atoms with van der Waals surface area (Å²) in [7, 11) is -3.68. The summed E-state index contributed by atoms with van der Waals surface area (Å²) in [5.74, 6) is 0.117. The molecule has 0 atom stereocenters. The zero-order valence-electron chi connectivity index (χ0n) is 18.6. The number of likely N-dealkylation sites (N-methyl/N-ethyl adjacent to an activating group) is 1. The van der Waals surface area contributed by atoms with E-state index in [1.165, 1.54) is 11.6 Å². The van der Waals surface area contributed by atoms with E-state index in [-0.39, 0.29) is 16.6 Å². The van der Waals surface area contributed by atoms with Crippen molar-refractivity contribution in [3.8, 4) is 0 Å². The molecule has 0 unspecified atom stereocenters. The average molecular weight is 463 g/mol. The van der Waals surface area contributed by atoms with Crippen molar-refractivity contribution in [3.05, 3.63) is 89.5 Å². The van der Waals surface area contributed by atoms with Gasteiger partial charge in [0.2, 0.25) is 0 Å². The normalized spacial score (nSPS) is 13.7. The molecule has 0 bridgehead atoms. The molecule has 0 spiro atoms. The molecule has 3 aromatic carbocycles. The molecule has 170 valence electrons. The number of fused-ring (bicyclic) bond motifs is 1. The second kappa shape index (κ2) is 9.46. The molecule has 8 heteroatoms. The molecule has 0 aliphatic carbocycles. The molecule has 0 aromatic heterocycles. The number of benzene rings is 3. The molecule has 0 radical (unpaired) electrons. The molecule has 0 saturated carbocycles. The summed E-state index contributed by atoms with van der Waals surface area (Å²) in [6.45, 7) is 6.23. The van der Waals surface area contributed by atoms with Crippen molar-refractivity contribution >= 4 is 33.1 Å². The second-order valence-electron chi connectivity index (χ2n) is 7.79. The Kier molecular flexibility index (Phi) is 6.46. The van der Waals surface area contributed by atoms with Crippen molar-refractivity contribution in [2.24, 2.45) is 4.40 Å². The van der Waals surface area contributed by atoms with E-state index in [9.17, 15) is 13.2 Å². The number of carbonyl (C=O) groups is 1. The average Bonchev–Trinajstić information content (AvgIpc) is 3.07. The number of nitrogens with one attached hydrogen (secondary N) is 2. The zero-order chi connectivity index (χ0) is 23.4. The first-order chi connectivity index (χ1) is 15.9. The molecule has 0 saturated heterocycles. The fourth-order valence-corrected chi connectivity index (χ4v) is 4.91. The minimum absolute atomic E-state index is 0.159. The standard InChI is InChI=1S/C25H26N4O3S/c1-3-29(21-8-6-7-18(2)17-21)16-15-26-25(30)19-11-13-20(14-12-19)27-24-22-9-4-5-10-23(22)33(31,32)28-24/h4-14,17H,3,15-16H2,1-2H3,(H,26,30)(H,27,28). The molecule has 1 aliphatic rings. The predicted octanol–water partition coefficient (Wildman–Crippen LogP) is 3.81. The van der Waals surface area contributed by atoms with Gasteiger partial charge in [-0.05, 0) is 67.9 Å². The van der Waals surface area contributed by atoms with Crippen molar-refractivity contribution in [1.29, 1.82) is 0 Å². The number of nitrogens with zero attached hydrogens (tertiary/aromatic N) is 2. The molecule has 7 nitrogen and oxygen atoms in total. The van der Waals surface area contributed by atoms with Gasteiger partial charge in [-0.25, -0.2) is 0 Å². The van der Waals surface area contributed by atoms with E-state index >= 15 is 0 Å². The van der Waals surface area contributed by atoms with Crippen LogP contribution in [0.4, 0.5) is 11.4 Å². The summed E-state index contributed by atoms with van der Waals surface area (Å²) < 4.78 is 28.2. The molecular formula is C25H26N4O3S. The minimum Gasteiger partial charge on any atom is -0.370 e. The Hall–Kier alpha value is -3.65. The lowest BCUT2D eigenvalue weighted by molar-refractivity contribution is 0.0954. The number of carbonyl (C=O) groups excluding carboxylic acids is 1. The first kappa shape index (κ1) is 22.5. The van der Waals surface area contributed by atoms with E-state index in [0.29, 0.717) is 29.9 Å². The maximum Gasteiger partial charge on any atom is 0.285 e. The number of anilines is 2. The van der Waals surface area contributed by atoms with Gasteiger partial charge in [0.1, 0.15) is 4.90 Å². The largest absolute Gasteiger partial charge is 0.370 e.